The predicted molar refractivity (Wildman–Crippen MR) is 86.1 cm³/mol. The number of benzene rings is 2. The average Bonchev–Trinajstić information content (AvgIpc) is 2.99. The van der Waals surface area contributed by atoms with Gasteiger partial charge >= 0.3 is 0 Å². The zero-order valence-electron chi connectivity index (χ0n) is 11.1. The minimum Gasteiger partial charge on any atom is -0.232 e. The highest BCUT2D eigenvalue weighted by Crippen LogP contribution is 2.29. The number of thiazole rings is 1. The molecule has 0 fully saturated rings. The molecular formula is C17H11N3S. The molecule has 0 radical (unpaired) electrons. The van der Waals surface area contributed by atoms with E-state index in [0.29, 0.717) is 5.65 Å². The minimum atomic E-state index is 0.707. The third-order valence-electron chi connectivity index (χ3n) is 3.21. The largest absolute Gasteiger partial charge is 0.232 e. The van der Waals surface area contributed by atoms with Gasteiger partial charge in [-0.3, -0.25) is 0 Å². The number of fused-ring (bicyclic) bond motifs is 1. The van der Waals surface area contributed by atoms with Crippen molar-refractivity contribution in [3.05, 3.63) is 66.9 Å². The number of aromatic nitrogens is 3. The van der Waals surface area contributed by atoms with E-state index < -0.39 is 0 Å². The molecule has 2 aromatic heterocycles. The zero-order chi connectivity index (χ0) is 14.1. The lowest BCUT2D eigenvalue weighted by Crippen LogP contribution is -1.86. The van der Waals surface area contributed by atoms with E-state index in [9.17, 15) is 0 Å². The Kier molecular flexibility index (Phi) is 2.94. The van der Waals surface area contributed by atoms with Crippen LogP contribution in [0.15, 0.2) is 66.9 Å². The summed E-state index contributed by atoms with van der Waals surface area (Å²) >= 11 is 1.57. The fraction of sp³-hybridized carbons (Fsp3) is 0. The van der Waals surface area contributed by atoms with Crippen molar-refractivity contribution in [1.82, 2.24) is 15.0 Å². The lowest BCUT2D eigenvalue weighted by Gasteiger charge is -1.98. The monoisotopic (exact) mass is 289 g/mol. The van der Waals surface area contributed by atoms with Gasteiger partial charge in [0.25, 0.3) is 0 Å². The highest BCUT2D eigenvalue weighted by molar-refractivity contribution is 7.21. The van der Waals surface area contributed by atoms with Gasteiger partial charge in [0, 0.05) is 11.1 Å². The second-order valence-electron chi connectivity index (χ2n) is 4.64. The molecule has 0 spiro atoms. The lowest BCUT2D eigenvalue weighted by atomic mass is 10.2. The standard InChI is InChI=1S/C17H11N3S/c1-3-7-12(8-4-1)14-11-18-15-17(19-14)21-16(20-15)13-9-5-2-6-10-13/h1-11H. The first kappa shape index (κ1) is 12.2. The van der Waals surface area contributed by atoms with Crippen LogP contribution in [0.2, 0.25) is 0 Å². The molecule has 4 aromatic rings. The van der Waals surface area contributed by atoms with E-state index in [1.54, 1.807) is 17.5 Å². The van der Waals surface area contributed by atoms with Crippen molar-refractivity contribution < 1.29 is 0 Å². The van der Waals surface area contributed by atoms with Crippen LogP contribution in [0.1, 0.15) is 0 Å². The summed E-state index contributed by atoms with van der Waals surface area (Å²) in [6.45, 7) is 0. The Balaban J connectivity index is 1.82. The van der Waals surface area contributed by atoms with Gasteiger partial charge in [0.05, 0.1) is 11.9 Å². The second kappa shape index (κ2) is 5.07. The van der Waals surface area contributed by atoms with E-state index in [2.05, 4.69) is 27.1 Å². The molecule has 4 heteroatoms. The summed E-state index contributed by atoms with van der Waals surface area (Å²) in [6, 6.07) is 20.2. The first-order valence-corrected chi connectivity index (χ1v) is 7.46. The summed E-state index contributed by atoms with van der Waals surface area (Å²) in [4.78, 5) is 14.6. The van der Waals surface area contributed by atoms with E-state index in [-0.39, 0.29) is 0 Å². The van der Waals surface area contributed by atoms with Crippen molar-refractivity contribution in [3.63, 3.8) is 0 Å². The lowest BCUT2D eigenvalue weighted by molar-refractivity contribution is 1.26. The summed E-state index contributed by atoms with van der Waals surface area (Å²) in [5.41, 5.74) is 3.76. The quantitative estimate of drug-likeness (QED) is 0.548. The summed E-state index contributed by atoms with van der Waals surface area (Å²) in [5.74, 6) is 0. The molecule has 0 unspecified atom stereocenters. The van der Waals surface area contributed by atoms with E-state index in [1.165, 1.54) is 0 Å². The molecule has 4 rings (SSSR count). The molecule has 0 saturated heterocycles. The molecule has 0 atom stereocenters. The van der Waals surface area contributed by atoms with Gasteiger partial charge in [0.15, 0.2) is 10.5 Å². The Morgan fingerprint density at radius 3 is 2.10 bits per heavy atom. The molecule has 0 bridgehead atoms. The van der Waals surface area contributed by atoms with Gasteiger partial charge in [0.2, 0.25) is 0 Å². The van der Waals surface area contributed by atoms with Crippen LogP contribution in [0.3, 0.4) is 0 Å². The number of hydrogen-bond acceptors (Lipinski definition) is 4. The molecule has 21 heavy (non-hydrogen) atoms. The van der Waals surface area contributed by atoms with Crippen molar-refractivity contribution in [1.29, 1.82) is 0 Å². The van der Waals surface area contributed by atoms with Crippen LogP contribution in [-0.4, -0.2) is 15.0 Å². The third-order valence-corrected chi connectivity index (χ3v) is 4.20. The summed E-state index contributed by atoms with van der Waals surface area (Å²) < 4.78 is 0. The van der Waals surface area contributed by atoms with Gasteiger partial charge in [-0.1, -0.05) is 72.0 Å². The molecule has 2 aromatic carbocycles. The van der Waals surface area contributed by atoms with Gasteiger partial charge in [-0.25, -0.2) is 15.0 Å². The molecule has 3 nitrogen and oxygen atoms in total. The molecule has 0 aliphatic carbocycles. The molecular weight excluding hydrogens is 278 g/mol. The topological polar surface area (TPSA) is 38.7 Å². The number of rotatable bonds is 2. The Labute approximate surface area is 126 Å². The van der Waals surface area contributed by atoms with Crippen molar-refractivity contribution in [2.45, 2.75) is 0 Å². The van der Waals surface area contributed by atoms with E-state index in [0.717, 1.165) is 26.7 Å². The van der Waals surface area contributed by atoms with Crippen LogP contribution < -0.4 is 0 Å². The molecule has 0 aliphatic rings. The molecule has 100 valence electrons. The predicted octanol–water partition coefficient (Wildman–Crippen LogP) is 4.42. The minimum absolute atomic E-state index is 0.707. The van der Waals surface area contributed by atoms with E-state index in [4.69, 9.17) is 0 Å². The van der Waals surface area contributed by atoms with Crippen LogP contribution in [0.4, 0.5) is 0 Å². The fourth-order valence-electron chi connectivity index (χ4n) is 2.17. The normalized spacial score (nSPS) is 10.9. The first-order valence-electron chi connectivity index (χ1n) is 6.64. The highest BCUT2D eigenvalue weighted by atomic mass is 32.1. The molecule has 0 amide bonds. The molecule has 0 saturated carbocycles. The second-order valence-corrected chi connectivity index (χ2v) is 5.61. The summed E-state index contributed by atoms with van der Waals surface area (Å²) in [6.07, 6.45) is 1.78. The van der Waals surface area contributed by atoms with Crippen molar-refractivity contribution in [2.75, 3.05) is 0 Å². The molecule has 0 N–H and O–H groups in total. The Bertz CT molecular complexity index is 848. The Morgan fingerprint density at radius 2 is 1.38 bits per heavy atom. The van der Waals surface area contributed by atoms with Crippen molar-refractivity contribution in [2.24, 2.45) is 0 Å². The van der Waals surface area contributed by atoms with Crippen LogP contribution >= 0.6 is 11.3 Å². The van der Waals surface area contributed by atoms with E-state index >= 15 is 0 Å². The van der Waals surface area contributed by atoms with Gasteiger partial charge in [-0.15, -0.1) is 0 Å². The number of nitrogens with zero attached hydrogens (tertiary/aromatic N) is 3. The molecule has 2 heterocycles. The van der Waals surface area contributed by atoms with Gasteiger partial charge in [-0.2, -0.15) is 0 Å². The van der Waals surface area contributed by atoms with E-state index in [1.807, 2.05) is 48.5 Å². The molecule has 0 aliphatic heterocycles. The fourth-order valence-corrected chi connectivity index (χ4v) is 3.08. The number of hydrogen-bond donors (Lipinski definition) is 0. The van der Waals surface area contributed by atoms with Crippen molar-refractivity contribution in [3.8, 4) is 21.8 Å². The van der Waals surface area contributed by atoms with Crippen LogP contribution in [-0.2, 0) is 0 Å². The third kappa shape index (κ3) is 2.30. The van der Waals surface area contributed by atoms with Crippen LogP contribution in [0.25, 0.3) is 32.3 Å². The van der Waals surface area contributed by atoms with Gasteiger partial charge < -0.3 is 0 Å². The average molecular weight is 289 g/mol. The summed E-state index contributed by atoms with van der Waals surface area (Å²) in [7, 11) is 0. The van der Waals surface area contributed by atoms with Gasteiger partial charge in [0.1, 0.15) is 5.01 Å². The van der Waals surface area contributed by atoms with Crippen molar-refractivity contribution >= 4 is 21.8 Å². The van der Waals surface area contributed by atoms with Crippen LogP contribution in [0.5, 0.6) is 0 Å². The summed E-state index contributed by atoms with van der Waals surface area (Å²) in [5, 5.41) is 0.954. The highest BCUT2D eigenvalue weighted by Gasteiger charge is 2.09. The van der Waals surface area contributed by atoms with Crippen LogP contribution in [0, 0.1) is 0 Å². The maximum atomic E-state index is 4.69. The SMILES string of the molecule is c1ccc(-c2cnc3nc(-c4ccccc4)sc3n2)cc1. The zero-order valence-corrected chi connectivity index (χ0v) is 11.9. The Morgan fingerprint density at radius 1 is 0.714 bits per heavy atom. The smallest absolute Gasteiger partial charge is 0.190 e. The Hall–Kier alpha value is -2.59. The maximum Gasteiger partial charge on any atom is 0.190 e. The first-order chi connectivity index (χ1) is 10.4. The van der Waals surface area contributed by atoms with Gasteiger partial charge in [-0.05, 0) is 0 Å². The maximum absolute atomic E-state index is 4.69.